The number of anilines is 1. The van der Waals surface area contributed by atoms with E-state index in [2.05, 4.69) is 4.98 Å². The lowest BCUT2D eigenvalue weighted by molar-refractivity contribution is -0.384. The van der Waals surface area contributed by atoms with Crippen LogP contribution in [0.5, 0.6) is 5.75 Å². The smallest absolute Gasteiger partial charge is 0.301 e. The number of nitrogens with zero attached hydrogens (tertiary/aromatic N) is 3. The van der Waals surface area contributed by atoms with Crippen molar-refractivity contribution in [3.8, 4) is 5.75 Å². The monoisotopic (exact) mass is 505 g/mol. The van der Waals surface area contributed by atoms with Gasteiger partial charge in [0.15, 0.2) is 5.13 Å². The fraction of sp³-hybridized carbons (Fsp3) is 0.125. The number of aromatic nitrogens is 1. The molecule has 1 saturated heterocycles. The third-order valence-electron chi connectivity index (χ3n) is 6.00. The summed E-state index contributed by atoms with van der Waals surface area (Å²) in [5, 5.41) is 24.5. The summed E-state index contributed by atoms with van der Waals surface area (Å²) in [6.45, 7) is 0.550. The molecule has 9 nitrogen and oxygen atoms in total. The molecule has 1 atom stereocenters. The average molecular weight is 506 g/mol. The number of benzene rings is 2. The van der Waals surface area contributed by atoms with E-state index in [4.69, 9.17) is 4.74 Å². The Balaban J connectivity index is 1.51. The summed E-state index contributed by atoms with van der Waals surface area (Å²) in [6.07, 6.45) is 0.691. The van der Waals surface area contributed by atoms with Crippen molar-refractivity contribution in [1.82, 2.24) is 4.98 Å². The molecule has 4 aromatic rings. The van der Waals surface area contributed by atoms with E-state index in [1.165, 1.54) is 34.4 Å². The Hall–Kier alpha value is -4.09. The van der Waals surface area contributed by atoms with Crippen LogP contribution in [0, 0.1) is 10.1 Å². The number of Topliss-reactive ketones (excluding diaryl/α,β-unsaturated/α-hetero) is 1. The number of ether oxygens (including phenoxy) is 1. The molecule has 2 aromatic carbocycles. The van der Waals surface area contributed by atoms with Crippen LogP contribution < -0.4 is 9.64 Å². The van der Waals surface area contributed by atoms with E-state index >= 15 is 0 Å². The maximum absolute atomic E-state index is 13.3. The SMILES string of the molecule is O=C1C(=O)N(c2nc3ccc([N+](=O)[O-])cc3s2)C(c2cccs2)/C1=C(\O)c1ccc2c(c1)CCO2. The van der Waals surface area contributed by atoms with Crippen LogP contribution in [-0.2, 0) is 16.0 Å². The summed E-state index contributed by atoms with van der Waals surface area (Å²) >= 11 is 2.43. The van der Waals surface area contributed by atoms with Crippen molar-refractivity contribution >= 4 is 61.2 Å². The number of ketones is 1. The number of fused-ring (bicyclic) bond motifs is 2. The number of thiazole rings is 1. The number of nitro groups is 1. The number of hydrogen-bond acceptors (Lipinski definition) is 9. The van der Waals surface area contributed by atoms with Gasteiger partial charge in [-0.2, -0.15) is 0 Å². The molecule has 0 bridgehead atoms. The fourth-order valence-corrected chi connectivity index (χ4v) is 6.20. The largest absolute Gasteiger partial charge is 0.507 e. The van der Waals surface area contributed by atoms with Crippen molar-refractivity contribution in [2.24, 2.45) is 0 Å². The lowest BCUT2D eigenvalue weighted by Gasteiger charge is -2.21. The normalized spacial score (nSPS) is 18.7. The number of aliphatic hydroxyl groups is 1. The molecule has 2 aromatic heterocycles. The highest BCUT2D eigenvalue weighted by molar-refractivity contribution is 7.22. The first-order valence-electron chi connectivity index (χ1n) is 10.6. The number of thiophene rings is 1. The quantitative estimate of drug-likeness (QED) is 0.139. The van der Waals surface area contributed by atoms with Crippen LogP contribution in [0.15, 0.2) is 59.5 Å². The van der Waals surface area contributed by atoms with E-state index in [9.17, 15) is 24.8 Å². The van der Waals surface area contributed by atoms with E-state index < -0.39 is 22.7 Å². The van der Waals surface area contributed by atoms with Crippen LogP contribution in [0.25, 0.3) is 16.0 Å². The van der Waals surface area contributed by atoms with Gasteiger partial charge in [0.2, 0.25) is 0 Å². The number of carbonyl (C=O) groups is 2. The Morgan fingerprint density at radius 1 is 1.20 bits per heavy atom. The molecular weight excluding hydrogens is 490 g/mol. The second-order valence-corrected chi connectivity index (χ2v) is 10.00. The molecule has 2 aliphatic rings. The Kier molecular flexibility index (Phi) is 4.90. The second kappa shape index (κ2) is 8.00. The molecule has 1 N–H and O–H groups in total. The predicted octanol–water partition coefficient (Wildman–Crippen LogP) is 4.83. The number of carbonyl (C=O) groups excluding carboxylic acids is 2. The van der Waals surface area contributed by atoms with Crippen molar-refractivity contribution < 1.29 is 24.4 Å². The lowest BCUT2D eigenvalue weighted by Crippen LogP contribution is -2.28. The highest BCUT2D eigenvalue weighted by Gasteiger charge is 2.48. The Bertz CT molecular complexity index is 1570. The summed E-state index contributed by atoms with van der Waals surface area (Å²) in [4.78, 5) is 43.6. The van der Waals surface area contributed by atoms with Gasteiger partial charge in [-0.25, -0.2) is 4.98 Å². The molecule has 4 heterocycles. The number of non-ortho nitro benzene ring substituents is 1. The second-order valence-electron chi connectivity index (χ2n) is 8.01. The van der Waals surface area contributed by atoms with E-state index in [1.807, 2.05) is 5.38 Å². The van der Waals surface area contributed by atoms with E-state index in [-0.39, 0.29) is 22.2 Å². The standard InChI is InChI=1S/C24H15N3O6S2/c28-21(13-3-6-16-12(10-13)7-8-33-16)19-20(17-2-1-9-34-17)26(23(30)22(19)29)24-25-15-5-4-14(27(31)32)11-18(15)35-24/h1-6,9-11,20,28H,7-8H2/b21-19+. The lowest BCUT2D eigenvalue weighted by atomic mass is 9.98. The van der Waals surface area contributed by atoms with E-state index in [1.54, 1.807) is 30.3 Å². The summed E-state index contributed by atoms with van der Waals surface area (Å²) in [5.74, 6) is -1.16. The molecule has 1 unspecified atom stereocenters. The molecule has 1 amide bonds. The highest BCUT2D eigenvalue weighted by atomic mass is 32.1. The molecule has 0 aliphatic carbocycles. The zero-order valence-electron chi connectivity index (χ0n) is 17.8. The Labute approximate surface area is 205 Å². The maximum Gasteiger partial charge on any atom is 0.301 e. The van der Waals surface area contributed by atoms with Gasteiger partial charge in [-0.05, 0) is 41.3 Å². The molecular formula is C24H15N3O6S2. The first kappa shape index (κ1) is 21.4. The van der Waals surface area contributed by atoms with Crippen molar-refractivity contribution in [2.75, 3.05) is 11.5 Å². The molecule has 6 rings (SSSR count). The summed E-state index contributed by atoms with van der Waals surface area (Å²) in [6, 6.07) is 12.1. The van der Waals surface area contributed by atoms with Crippen LogP contribution in [0.2, 0.25) is 0 Å². The third-order valence-corrected chi connectivity index (χ3v) is 7.94. The van der Waals surface area contributed by atoms with E-state index in [0.29, 0.717) is 33.7 Å². The predicted molar refractivity (Wildman–Crippen MR) is 131 cm³/mol. The molecule has 0 spiro atoms. The van der Waals surface area contributed by atoms with Gasteiger partial charge >= 0.3 is 5.91 Å². The van der Waals surface area contributed by atoms with Crippen LogP contribution >= 0.6 is 22.7 Å². The van der Waals surface area contributed by atoms with Crippen LogP contribution in [0.4, 0.5) is 10.8 Å². The van der Waals surface area contributed by atoms with Gasteiger partial charge < -0.3 is 9.84 Å². The summed E-state index contributed by atoms with van der Waals surface area (Å²) in [5.41, 5.74) is 1.70. The van der Waals surface area contributed by atoms with Gasteiger partial charge in [-0.15, -0.1) is 11.3 Å². The highest BCUT2D eigenvalue weighted by Crippen LogP contribution is 2.46. The van der Waals surface area contributed by atoms with Crippen molar-refractivity contribution in [3.05, 3.63) is 85.6 Å². The number of hydrogen-bond donors (Lipinski definition) is 1. The number of rotatable bonds is 4. The number of aliphatic hydroxyl groups excluding tert-OH is 1. The fourth-order valence-electron chi connectivity index (χ4n) is 4.35. The summed E-state index contributed by atoms with van der Waals surface area (Å²) in [7, 11) is 0. The summed E-state index contributed by atoms with van der Waals surface area (Å²) < 4.78 is 6.04. The van der Waals surface area contributed by atoms with Gasteiger partial charge in [-0.1, -0.05) is 17.4 Å². The van der Waals surface area contributed by atoms with Crippen LogP contribution in [0.3, 0.4) is 0 Å². The minimum absolute atomic E-state index is 0.0263. The van der Waals surface area contributed by atoms with Crippen LogP contribution in [-0.4, -0.2) is 33.3 Å². The zero-order valence-corrected chi connectivity index (χ0v) is 19.5. The molecule has 0 saturated carbocycles. The Morgan fingerprint density at radius 2 is 2.06 bits per heavy atom. The number of nitro benzene ring substituents is 1. The van der Waals surface area contributed by atoms with Gasteiger partial charge in [0.1, 0.15) is 17.6 Å². The minimum atomic E-state index is -0.880. The van der Waals surface area contributed by atoms with Gasteiger partial charge in [0.25, 0.3) is 11.5 Å². The van der Waals surface area contributed by atoms with Crippen molar-refractivity contribution in [2.45, 2.75) is 12.5 Å². The third kappa shape index (κ3) is 3.39. The molecule has 2 aliphatic heterocycles. The van der Waals surface area contributed by atoms with Crippen molar-refractivity contribution in [1.29, 1.82) is 0 Å². The molecule has 11 heteroatoms. The molecule has 35 heavy (non-hydrogen) atoms. The van der Waals surface area contributed by atoms with Crippen molar-refractivity contribution in [3.63, 3.8) is 0 Å². The topological polar surface area (TPSA) is 123 Å². The van der Waals surface area contributed by atoms with Gasteiger partial charge in [0, 0.05) is 29.0 Å². The zero-order chi connectivity index (χ0) is 24.3. The average Bonchev–Trinajstić information content (AvgIpc) is 3.64. The first-order valence-corrected chi connectivity index (χ1v) is 12.3. The minimum Gasteiger partial charge on any atom is -0.507 e. The molecule has 174 valence electrons. The Morgan fingerprint density at radius 3 is 2.83 bits per heavy atom. The van der Waals surface area contributed by atoms with Gasteiger partial charge in [0.05, 0.1) is 27.3 Å². The molecule has 1 fully saturated rings. The maximum atomic E-state index is 13.3. The first-order chi connectivity index (χ1) is 16.9. The van der Waals surface area contributed by atoms with Gasteiger partial charge in [-0.3, -0.25) is 24.6 Å². The van der Waals surface area contributed by atoms with Crippen LogP contribution in [0.1, 0.15) is 22.0 Å². The number of amides is 1. The van der Waals surface area contributed by atoms with E-state index in [0.717, 1.165) is 22.6 Å². The molecule has 0 radical (unpaired) electrons.